The van der Waals surface area contributed by atoms with Crippen LogP contribution in [-0.2, 0) is 0 Å². The SMILES string of the molecule is Cc1ccc(-c2cc(F)ccc2F)c(N)c1. The predicted octanol–water partition coefficient (Wildman–Crippen LogP) is 3.52. The fraction of sp³-hybridized carbons (Fsp3) is 0.0769. The van der Waals surface area contributed by atoms with Crippen molar-refractivity contribution in [2.75, 3.05) is 5.73 Å². The molecule has 0 saturated carbocycles. The van der Waals surface area contributed by atoms with Crippen molar-refractivity contribution in [3.63, 3.8) is 0 Å². The first-order valence-corrected chi connectivity index (χ1v) is 4.89. The van der Waals surface area contributed by atoms with E-state index in [4.69, 9.17) is 5.73 Å². The van der Waals surface area contributed by atoms with Crippen LogP contribution in [0.25, 0.3) is 11.1 Å². The fourth-order valence-corrected chi connectivity index (χ4v) is 1.63. The van der Waals surface area contributed by atoms with E-state index in [1.807, 2.05) is 13.0 Å². The van der Waals surface area contributed by atoms with Crippen LogP contribution in [-0.4, -0.2) is 0 Å². The summed E-state index contributed by atoms with van der Waals surface area (Å²) < 4.78 is 26.5. The number of nitrogen functional groups attached to an aromatic ring is 1. The molecule has 2 N–H and O–H groups in total. The number of aryl methyl sites for hydroxylation is 1. The van der Waals surface area contributed by atoms with Crippen molar-refractivity contribution in [2.45, 2.75) is 6.92 Å². The Morgan fingerprint density at radius 3 is 2.38 bits per heavy atom. The van der Waals surface area contributed by atoms with Gasteiger partial charge in [0.25, 0.3) is 0 Å². The number of hydrogen-bond acceptors (Lipinski definition) is 1. The third kappa shape index (κ3) is 1.89. The smallest absolute Gasteiger partial charge is 0.131 e. The largest absolute Gasteiger partial charge is 0.398 e. The third-order valence-electron chi connectivity index (χ3n) is 2.43. The van der Waals surface area contributed by atoms with E-state index < -0.39 is 11.6 Å². The summed E-state index contributed by atoms with van der Waals surface area (Å²) in [6.07, 6.45) is 0. The molecule has 2 aromatic rings. The molecule has 3 heteroatoms. The summed E-state index contributed by atoms with van der Waals surface area (Å²) in [4.78, 5) is 0. The van der Waals surface area contributed by atoms with Crippen LogP contribution in [0.2, 0.25) is 0 Å². The Balaban J connectivity index is 2.62. The van der Waals surface area contributed by atoms with Gasteiger partial charge in [0.05, 0.1) is 0 Å². The summed E-state index contributed by atoms with van der Waals surface area (Å²) in [6.45, 7) is 1.89. The van der Waals surface area contributed by atoms with Crippen molar-refractivity contribution < 1.29 is 8.78 Å². The lowest BCUT2D eigenvalue weighted by atomic mass is 10.0. The van der Waals surface area contributed by atoms with Crippen LogP contribution < -0.4 is 5.73 Å². The number of rotatable bonds is 1. The molecule has 2 rings (SSSR count). The minimum Gasteiger partial charge on any atom is -0.398 e. The Morgan fingerprint density at radius 2 is 1.69 bits per heavy atom. The molecule has 0 atom stereocenters. The maximum atomic E-state index is 13.5. The molecular formula is C13H11F2N. The van der Waals surface area contributed by atoms with Crippen molar-refractivity contribution >= 4 is 5.69 Å². The van der Waals surface area contributed by atoms with Gasteiger partial charge in [-0.05, 0) is 36.8 Å². The lowest BCUT2D eigenvalue weighted by molar-refractivity contribution is 0.603. The first-order chi connectivity index (χ1) is 7.58. The average molecular weight is 219 g/mol. The molecule has 0 aliphatic heterocycles. The molecular weight excluding hydrogens is 208 g/mol. The molecule has 0 aliphatic rings. The van der Waals surface area contributed by atoms with Crippen molar-refractivity contribution in [3.05, 3.63) is 53.6 Å². The van der Waals surface area contributed by atoms with Gasteiger partial charge in [-0.3, -0.25) is 0 Å². The second-order valence-electron chi connectivity index (χ2n) is 3.71. The quantitative estimate of drug-likeness (QED) is 0.729. The van der Waals surface area contributed by atoms with E-state index in [1.165, 1.54) is 0 Å². The number of hydrogen-bond donors (Lipinski definition) is 1. The fourth-order valence-electron chi connectivity index (χ4n) is 1.63. The Hall–Kier alpha value is -1.90. The number of halogens is 2. The summed E-state index contributed by atoms with van der Waals surface area (Å²) in [5.41, 5.74) is 7.92. The van der Waals surface area contributed by atoms with E-state index in [-0.39, 0.29) is 5.56 Å². The van der Waals surface area contributed by atoms with Crippen molar-refractivity contribution in [2.24, 2.45) is 0 Å². The highest BCUT2D eigenvalue weighted by molar-refractivity contribution is 5.77. The molecule has 1 nitrogen and oxygen atoms in total. The highest BCUT2D eigenvalue weighted by Gasteiger charge is 2.09. The van der Waals surface area contributed by atoms with Crippen molar-refractivity contribution in [1.82, 2.24) is 0 Å². The van der Waals surface area contributed by atoms with Crippen LogP contribution in [0.3, 0.4) is 0 Å². The van der Waals surface area contributed by atoms with Crippen LogP contribution in [0.5, 0.6) is 0 Å². The first kappa shape index (κ1) is 10.6. The zero-order valence-corrected chi connectivity index (χ0v) is 8.80. The van der Waals surface area contributed by atoms with Gasteiger partial charge in [0.2, 0.25) is 0 Å². The summed E-state index contributed by atoms with van der Waals surface area (Å²) in [5.74, 6) is -0.951. The predicted molar refractivity (Wildman–Crippen MR) is 60.9 cm³/mol. The van der Waals surface area contributed by atoms with E-state index in [0.29, 0.717) is 11.3 Å². The van der Waals surface area contributed by atoms with Gasteiger partial charge in [-0.15, -0.1) is 0 Å². The molecule has 0 spiro atoms. The molecule has 0 amide bonds. The van der Waals surface area contributed by atoms with E-state index in [9.17, 15) is 8.78 Å². The highest BCUT2D eigenvalue weighted by atomic mass is 19.1. The summed E-state index contributed by atoms with van der Waals surface area (Å²) in [6, 6.07) is 8.59. The first-order valence-electron chi connectivity index (χ1n) is 4.89. The van der Waals surface area contributed by atoms with Gasteiger partial charge in [0.15, 0.2) is 0 Å². The minimum atomic E-state index is -0.476. The van der Waals surface area contributed by atoms with Gasteiger partial charge in [-0.1, -0.05) is 12.1 Å². The summed E-state index contributed by atoms with van der Waals surface area (Å²) in [5, 5.41) is 0. The molecule has 0 bridgehead atoms. The molecule has 0 aliphatic carbocycles. The summed E-state index contributed by atoms with van der Waals surface area (Å²) >= 11 is 0. The normalized spacial score (nSPS) is 10.4. The second-order valence-corrected chi connectivity index (χ2v) is 3.71. The number of anilines is 1. The maximum absolute atomic E-state index is 13.5. The molecule has 82 valence electrons. The Bertz CT molecular complexity index is 535. The van der Waals surface area contributed by atoms with Gasteiger partial charge >= 0.3 is 0 Å². The minimum absolute atomic E-state index is 0.192. The van der Waals surface area contributed by atoms with E-state index in [2.05, 4.69) is 0 Å². The van der Waals surface area contributed by atoms with Crippen molar-refractivity contribution in [1.29, 1.82) is 0 Å². The van der Waals surface area contributed by atoms with E-state index in [0.717, 1.165) is 23.8 Å². The van der Waals surface area contributed by atoms with Gasteiger partial charge < -0.3 is 5.73 Å². The zero-order chi connectivity index (χ0) is 11.7. The second kappa shape index (κ2) is 3.93. The van der Waals surface area contributed by atoms with E-state index in [1.54, 1.807) is 12.1 Å². The molecule has 2 aromatic carbocycles. The third-order valence-corrected chi connectivity index (χ3v) is 2.43. The Labute approximate surface area is 92.5 Å². The zero-order valence-electron chi connectivity index (χ0n) is 8.80. The van der Waals surface area contributed by atoms with E-state index >= 15 is 0 Å². The van der Waals surface area contributed by atoms with Crippen LogP contribution in [0.4, 0.5) is 14.5 Å². The number of nitrogens with two attached hydrogens (primary N) is 1. The van der Waals surface area contributed by atoms with Crippen LogP contribution in [0.1, 0.15) is 5.56 Å². The molecule has 16 heavy (non-hydrogen) atoms. The lowest BCUT2D eigenvalue weighted by Gasteiger charge is -2.08. The lowest BCUT2D eigenvalue weighted by Crippen LogP contribution is -1.93. The van der Waals surface area contributed by atoms with Gasteiger partial charge in [0.1, 0.15) is 11.6 Å². The molecule has 0 fully saturated rings. The van der Waals surface area contributed by atoms with Crippen LogP contribution in [0.15, 0.2) is 36.4 Å². The Kier molecular flexibility index (Phi) is 2.60. The average Bonchev–Trinajstić information content (AvgIpc) is 2.22. The highest BCUT2D eigenvalue weighted by Crippen LogP contribution is 2.29. The molecule has 0 saturated heterocycles. The van der Waals surface area contributed by atoms with Crippen molar-refractivity contribution in [3.8, 4) is 11.1 Å². The summed E-state index contributed by atoms with van der Waals surface area (Å²) in [7, 11) is 0. The van der Waals surface area contributed by atoms with Gasteiger partial charge in [-0.2, -0.15) is 0 Å². The van der Waals surface area contributed by atoms with Crippen LogP contribution in [0, 0.1) is 18.6 Å². The van der Waals surface area contributed by atoms with Crippen LogP contribution >= 0.6 is 0 Å². The standard InChI is InChI=1S/C13H11F2N/c1-8-2-4-10(13(16)6-8)11-7-9(14)3-5-12(11)15/h2-7H,16H2,1H3. The van der Waals surface area contributed by atoms with Gasteiger partial charge in [0, 0.05) is 16.8 Å². The maximum Gasteiger partial charge on any atom is 0.131 e. The topological polar surface area (TPSA) is 26.0 Å². The Morgan fingerprint density at radius 1 is 0.938 bits per heavy atom. The van der Waals surface area contributed by atoms with Gasteiger partial charge in [-0.25, -0.2) is 8.78 Å². The molecule has 0 heterocycles. The molecule has 0 radical (unpaired) electrons. The molecule has 0 aromatic heterocycles. The monoisotopic (exact) mass is 219 g/mol. The number of benzene rings is 2. The molecule has 0 unspecified atom stereocenters.